The summed E-state index contributed by atoms with van der Waals surface area (Å²) >= 11 is 0. The fourth-order valence-electron chi connectivity index (χ4n) is 2.38. The van der Waals surface area contributed by atoms with E-state index in [-0.39, 0.29) is 6.61 Å². The first-order valence-corrected chi connectivity index (χ1v) is 12.8. The second kappa shape index (κ2) is 32.5. The average Bonchev–Trinajstić information content (AvgIpc) is 2.87. The van der Waals surface area contributed by atoms with E-state index in [1.54, 1.807) is 0 Å². The molecule has 36 heavy (non-hydrogen) atoms. The predicted octanol–water partition coefficient (Wildman–Crippen LogP) is 0.684. The Morgan fingerprint density at radius 3 is 0.722 bits per heavy atom. The molecule has 218 valence electrons. The van der Waals surface area contributed by atoms with Crippen molar-refractivity contribution in [3.8, 4) is 0 Å². The maximum Gasteiger partial charge on any atom is 0.113 e. The van der Waals surface area contributed by atoms with E-state index in [9.17, 15) is 4.39 Å². The molecule has 0 N–H and O–H groups in total. The van der Waals surface area contributed by atoms with E-state index in [0.717, 1.165) is 6.54 Å². The third kappa shape index (κ3) is 33.5. The second-order valence-corrected chi connectivity index (χ2v) is 7.62. The van der Waals surface area contributed by atoms with Gasteiger partial charge in [0.05, 0.1) is 132 Å². The number of halogens is 1. The van der Waals surface area contributed by atoms with Gasteiger partial charge < -0.3 is 52.3 Å². The summed E-state index contributed by atoms with van der Waals surface area (Å²) in [6.07, 6.45) is 0. The van der Waals surface area contributed by atoms with E-state index in [1.807, 2.05) is 14.1 Å². The highest BCUT2D eigenvalue weighted by Gasteiger charge is 1.96. The van der Waals surface area contributed by atoms with Crippen molar-refractivity contribution in [2.24, 2.45) is 0 Å². The smallest absolute Gasteiger partial charge is 0.113 e. The van der Waals surface area contributed by atoms with Crippen LogP contribution in [-0.2, 0) is 47.4 Å². The van der Waals surface area contributed by atoms with E-state index in [4.69, 9.17) is 47.4 Å². The molecule has 0 radical (unpaired) electrons. The Morgan fingerprint density at radius 2 is 0.528 bits per heavy atom. The molecule has 0 spiro atoms. The van der Waals surface area contributed by atoms with Crippen molar-refractivity contribution < 1.29 is 51.8 Å². The van der Waals surface area contributed by atoms with Crippen molar-refractivity contribution in [3.05, 3.63) is 0 Å². The molecular weight excluding hydrogens is 481 g/mol. The maximum absolute atomic E-state index is 11.8. The zero-order valence-electron chi connectivity index (χ0n) is 22.5. The Morgan fingerprint density at radius 1 is 0.333 bits per heavy atom. The van der Waals surface area contributed by atoms with Crippen molar-refractivity contribution in [2.75, 3.05) is 159 Å². The van der Waals surface area contributed by atoms with Crippen LogP contribution in [0.4, 0.5) is 4.39 Å². The Hall–Kier alpha value is -0.510. The topological polar surface area (TPSA) is 95.5 Å². The molecular formula is C24H50FNO10. The van der Waals surface area contributed by atoms with E-state index in [1.165, 1.54) is 0 Å². The summed E-state index contributed by atoms with van der Waals surface area (Å²) < 4.78 is 65.4. The molecule has 0 saturated carbocycles. The Balaban J connectivity index is 3.01. The minimum atomic E-state index is -0.471. The van der Waals surface area contributed by atoms with Crippen LogP contribution in [0.1, 0.15) is 0 Å². The molecule has 12 heteroatoms. The van der Waals surface area contributed by atoms with Gasteiger partial charge in [-0.2, -0.15) is 0 Å². The summed E-state index contributed by atoms with van der Waals surface area (Å²) in [6, 6.07) is 0. The highest BCUT2D eigenvalue weighted by atomic mass is 19.1. The molecule has 0 aliphatic rings. The van der Waals surface area contributed by atoms with E-state index >= 15 is 0 Å². The van der Waals surface area contributed by atoms with Crippen LogP contribution < -0.4 is 0 Å². The fraction of sp³-hybridized carbons (Fsp3) is 1.00. The quantitative estimate of drug-likeness (QED) is 0.115. The molecule has 0 heterocycles. The first-order chi connectivity index (χ1) is 17.8. The number of nitrogens with zero attached hydrogens (tertiary/aromatic N) is 1. The third-order valence-electron chi connectivity index (χ3n) is 4.25. The number of alkyl halides is 1. The molecule has 11 nitrogen and oxygen atoms in total. The number of hydrogen-bond donors (Lipinski definition) is 0. The van der Waals surface area contributed by atoms with Crippen LogP contribution in [0.15, 0.2) is 0 Å². The number of rotatable bonds is 32. The van der Waals surface area contributed by atoms with Gasteiger partial charge in [0, 0.05) is 6.54 Å². The van der Waals surface area contributed by atoms with Crippen LogP contribution in [-0.4, -0.2) is 164 Å². The predicted molar refractivity (Wildman–Crippen MR) is 133 cm³/mol. The summed E-state index contributed by atoms with van der Waals surface area (Å²) in [5, 5.41) is 0. The lowest BCUT2D eigenvalue weighted by Gasteiger charge is -2.10. The van der Waals surface area contributed by atoms with Gasteiger partial charge in [-0.15, -0.1) is 0 Å². The van der Waals surface area contributed by atoms with Crippen molar-refractivity contribution in [2.45, 2.75) is 0 Å². The SMILES string of the molecule is CN(C)CCOCCOCCOCCOCCOCCOCCOCCOCCOCCOCCF. The van der Waals surface area contributed by atoms with Gasteiger partial charge in [0.1, 0.15) is 6.67 Å². The first kappa shape index (κ1) is 35.5. The summed E-state index contributed by atoms with van der Waals surface area (Å²) in [4.78, 5) is 2.08. The maximum atomic E-state index is 11.8. The van der Waals surface area contributed by atoms with Crippen molar-refractivity contribution >= 4 is 0 Å². The van der Waals surface area contributed by atoms with Gasteiger partial charge in [-0.25, -0.2) is 4.39 Å². The van der Waals surface area contributed by atoms with Gasteiger partial charge >= 0.3 is 0 Å². The van der Waals surface area contributed by atoms with Crippen molar-refractivity contribution in [1.82, 2.24) is 4.90 Å². The number of hydrogen-bond acceptors (Lipinski definition) is 11. The normalized spacial score (nSPS) is 11.7. The van der Waals surface area contributed by atoms with Gasteiger partial charge in [-0.05, 0) is 14.1 Å². The lowest BCUT2D eigenvalue weighted by Crippen LogP contribution is -2.19. The van der Waals surface area contributed by atoms with E-state index < -0.39 is 6.67 Å². The molecule has 0 unspecified atom stereocenters. The molecule has 0 atom stereocenters. The Bertz CT molecular complexity index is 400. The Labute approximate surface area is 216 Å². The lowest BCUT2D eigenvalue weighted by atomic mass is 10.6. The highest BCUT2D eigenvalue weighted by molar-refractivity contribution is 4.41. The molecule has 0 aromatic rings. The van der Waals surface area contributed by atoms with Gasteiger partial charge in [0.15, 0.2) is 0 Å². The van der Waals surface area contributed by atoms with Crippen LogP contribution in [0.2, 0.25) is 0 Å². The molecule has 0 rings (SSSR count). The van der Waals surface area contributed by atoms with Gasteiger partial charge in [-0.3, -0.25) is 0 Å². The highest BCUT2D eigenvalue weighted by Crippen LogP contribution is 1.87. The van der Waals surface area contributed by atoms with Crippen LogP contribution in [0.3, 0.4) is 0 Å². The monoisotopic (exact) mass is 531 g/mol. The molecule has 0 saturated heterocycles. The fourth-order valence-corrected chi connectivity index (χ4v) is 2.38. The molecule has 0 aromatic carbocycles. The minimum Gasteiger partial charge on any atom is -0.378 e. The molecule has 0 aliphatic heterocycles. The van der Waals surface area contributed by atoms with Crippen LogP contribution in [0.25, 0.3) is 0 Å². The van der Waals surface area contributed by atoms with Crippen LogP contribution in [0.5, 0.6) is 0 Å². The molecule has 0 bridgehead atoms. The standard InChI is InChI=1S/C24H50FNO10/c1-26(2)4-6-28-8-10-30-12-14-32-16-18-34-20-22-36-24-23-35-21-19-33-17-15-31-13-11-29-9-7-27-5-3-25/h3-24H2,1-2H3. The zero-order chi connectivity index (χ0) is 26.2. The average molecular weight is 532 g/mol. The second-order valence-electron chi connectivity index (χ2n) is 7.62. The van der Waals surface area contributed by atoms with Crippen LogP contribution in [0, 0.1) is 0 Å². The Kier molecular flexibility index (Phi) is 32.1. The van der Waals surface area contributed by atoms with Gasteiger partial charge in [-0.1, -0.05) is 0 Å². The minimum absolute atomic E-state index is 0.117. The van der Waals surface area contributed by atoms with E-state index in [2.05, 4.69) is 4.90 Å². The molecule has 0 amide bonds. The largest absolute Gasteiger partial charge is 0.378 e. The first-order valence-electron chi connectivity index (χ1n) is 12.8. The summed E-state index contributed by atoms with van der Waals surface area (Å²) in [7, 11) is 4.03. The number of ether oxygens (including phenoxy) is 10. The van der Waals surface area contributed by atoms with Gasteiger partial charge in [0.2, 0.25) is 0 Å². The molecule has 0 fully saturated rings. The van der Waals surface area contributed by atoms with E-state index in [0.29, 0.717) is 126 Å². The molecule has 0 aromatic heterocycles. The summed E-state index contributed by atoms with van der Waals surface area (Å²) in [5.41, 5.74) is 0. The lowest BCUT2D eigenvalue weighted by molar-refractivity contribution is -0.0266. The third-order valence-corrected chi connectivity index (χ3v) is 4.25. The zero-order valence-corrected chi connectivity index (χ0v) is 22.5. The van der Waals surface area contributed by atoms with Crippen molar-refractivity contribution in [1.29, 1.82) is 0 Å². The summed E-state index contributed by atoms with van der Waals surface area (Å²) in [6.45, 7) is 10.5. The van der Waals surface area contributed by atoms with Crippen LogP contribution >= 0.6 is 0 Å². The molecule has 0 aliphatic carbocycles. The van der Waals surface area contributed by atoms with Gasteiger partial charge in [0.25, 0.3) is 0 Å². The van der Waals surface area contributed by atoms with Crippen molar-refractivity contribution in [3.63, 3.8) is 0 Å². The number of likely N-dealkylation sites (N-methyl/N-ethyl adjacent to an activating group) is 1. The summed E-state index contributed by atoms with van der Waals surface area (Å²) in [5.74, 6) is 0.